The van der Waals surface area contributed by atoms with Crippen molar-refractivity contribution < 1.29 is 13.6 Å². The van der Waals surface area contributed by atoms with E-state index in [0.29, 0.717) is 35.2 Å². The number of carbonyl (C=O) groups excluding carboxylic acids is 1. The van der Waals surface area contributed by atoms with Gasteiger partial charge < -0.3 is 10.6 Å². The molecule has 1 aliphatic heterocycles. The fraction of sp³-hybridized carbons (Fsp3) is 0.250. The lowest BCUT2D eigenvalue weighted by molar-refractivity contribution is -0.129. The first-order chi connectivity index (χ1) is 14.8. The Hall–Kier alpha value is -2.53. The van der Waals surface area contributed by atoms with Gasteiger partial charge in [-0.05, 0) is 60.2 Å². The minimum atomic E-state index is -2.37. The zero-order valence-corrected chi connectivity index (χ0v) is 18.9. The van der Waals surface area contributed by atoms with E-state index in [0.717, 1.165) is 21.2 Å². The van der Waals surface area contributed by atoms with E-state index in [9.17, 15) is 13.6 Å². The predicted octanol–water partition coefficient (Wildman–Crippen LogP) is 3.29. The number of aryl methyl sites for hydroxylation is 1. The van der Waals surface area contributed by atoms with Crippen molar-refractivity contribution in [3.8, 4) is 0 Å². The molecule has 0 radical (unpaired) electrons. The molecule has 1 aliphatic rings. The van der Waals surface area contributed by atoms with Gasteiger partial charge in [0.1, 0.15) is 22.6 Å². The predicted molar refractivity (Wildman–Crippen MR) is 124 cm³/mol. The van der Waals surface area contributed by atoms with Crippen molar-refractivity contribution >= 4 is 61.0 Å². The molecule has 2 aromatic heterocycles. The quantitative estimate of drug-likeness (QED) is 0.285. The highest BCUT2D eigenvalue weighted by atomic mass is 35.5. The smallest absolute Gasteiger partial charge is 0.263 e. The van der Waals surface area contributed by atoms with Gasteiger partial charge in [0.15, 0.2) is 0 Å². The molecule has 1 aromatic carbocycles. The van der Waals surface area contributed by atoms with Crippen LogP contribution in [-0.4, -0.2) is 43.0 Å². The van der Waals surface area contributed by atoms with Gasteiger partial charge in [0.2, 0.25) is 5.91 Å². The first-order valence-corrected chi connectivity index (χ1v) is 11.7. The lowest BCUT2D eigenvalue weighted by Gasteiger charge is -2.25. The van der Waals surface area contributed by atoms with Crippen molar-refractivity contribution in [2.45, 2.75) is 25.9 Å². The molecule has 2 atom stereocenters. The summed E-state index contributed by atoms with van der Waals surface area (Å²) in [6.45, 7) is 2.62. The molecule has 1 fully saturated rings. The van der Waals surface area contributed by atoms with Crippen LogP contribution < -0.4 is 10.0 Å². The van der Waals surface area contributed by atoms with E-state index in [1.54, 1.807) is 29.3 Å². The molecule has 11 heteroatoms. The third-order valence-corrected chi connectivity index (χ3v) is 7.66. The number of nitrogens with zero attached hydrogens (tertiary/aromatic N) is 3. The number of carbonyl (C=O) groups is 1. The summed E-state index contributed by atoms with van der Waals surface area (Å²) in [6.07, 6.45) is 1.97. The Morgan fingerprint density at radius 3 is 2.94 bits per heavy atom. The number of thiophene rings is 1. The molecule has 1 saturated heterocycles. The van der Waals surface area contributed by atoms with Gasteiger partial charge in [-0.3, -0.25) is 19.7 Å². The average molecular weight is 478 g/mol. The number of likely N-dealkylation sites (tertiary alicyclic amines) is 1. The maximum absolute atomic E-state index is 13.2. The molecule has 0 spiro atoms. The fourth-order valence-corrected chi connectivity index (χ4v) is 6.06. The molecule has 0 aliphatic carbocycles. The third kappa shape index (κ3) is 4.16. The molecule has 4 rings (SSSR count). The van der Waals surface area contributed by atoms with Crippen molar-refractivity contribution in [3.05, 3.63) is 58.4 Å². The Kier molecular flexibility index (Phi) is 5.98. The number of nitrogen functional groups attached to an aromatic ring is 1. The van der Waals surface area contributed by atoms with Crippen LogP contribution in [0, 0.1) is 12.3 Å². The molecule has 31 heavy (non-hydrogen) atoms. The van der Waals surface area contributed by atoms with Gasteiger partial charge in [0, 0.05) is 29.0 Å². The minimum Gasteiger partial charge on any atom is -0.382 e. The molecular weight excluding hydrogens is 458 g/mol. The number of nitrogens with one attached hydrogen (secondary N) is 1. The van der Waals surface area contributed by atoms with E-state index in [4.69, 9.17) is 22.7 Å². The fourth-order valence-electron chi connectivity index (χ4n) is 3.75. The third-order valence-electron chi connectivity index (χ3n) is 5.27. The normalized spacial score (nSPS) is 17.3. The van der Waals surface area contributed by atoms with Gasteiger partial charge in [0.05, 0.1) is 0 Å². The first-order valence-electron chi connectivity index (χ1n) is 9.43. The van der Waals surface area contributed by atoms with Crippen molar-refractivity contribution in [1.82, 2.24) is 9.88 Å². The van der Waals surface area contributed by atoms with Crippen LogP contribution in [0.3, 0.4) is 0 Å². The number of amides is 1. The number of hydrogen-bond donors (Lipinski definition) is 3. The Balaban J connectivity index is 1.62. The van der Waals surface area contributed by atoms with Crippen LogP contribution in [0.1, 0.15) is 23.2 Å². The lowest BCUT2D eigenvalue weighted by Crippen LogP contribution is -2.42. The molecule has 162 valence electrons. The van der Waals surface area contributed by atoms with Gasteiger partial charge in [0.25, 0.3) is 11.3 Å². The first kappa shape index (κ1) is 21.7. The second-order valence-electron chi connectivity index (χ2n) is 7.26. The van der Waals surface area contributed by atoms with E-state index in [-0.39, 0.29) is 11.7 Å². The summed E-state index contributed by atoms with van der Waals surface area (Å²) in [5.74, 6) is -0.367. The van der Waals surface area contributed by atoms with E-state index in [1.165, 1.54) is 15.6 Å². The van der Waals surface area contributed by atoms with E-state index in [2.05, 4.69) is 4.98 Å². The summed E-state index contributed by atoms with van der Waals surface area (Å²) < 4.78 is 24.6. The van der Waals surface area contributed by atoms with Crippen LogP contribution >= 0.6 is 22.9 Å². The summed E-state index contributed by atoms with van der Waals surface area (Å²) in [5.41, 5.74) is 7.45. The molecule has 1 unspecified atom stereocenters. The Labute approximate surface area is 190 Å². The van der Waals surface area contributed by atoms with Crippen molar-refractivity contribution in [2.24, 2.45) is 5.73 Å². The number of aromatic nitrogens is 1. The van der Waals surface area contributed by atoms with Crippen LogP contribution in [0.25, 0.3) is 10.1 Å². The van der Waals surface area contributed by atoms with E-state index < -0.39 is 17.3 Å². The maximum Gasteiger partial charge on any atom is 0.263 e. The molecule has 0 saturated carbocycles. The Morgan fingerprint density at radius 2 is 2.23 bits per heavy atom. The van der Waals surface area contributed by atoms with Crippen molar-refractivity contribution in [2.75, 3.05) is 10.8 Å². The number of amidine groups is 1. The second-order valence-corrected chi connectivity index (χ2v) is 9.58. The van der Waals surface area contributed by atoms with Gasteiger partial charge in [-0.2, -0.15) is 0 Å². The highest BCUT2D eigenvalue weighted by Gasteiger charge is 2.40. The summed E-state index contributed by atoms with van der Waals surface area (Å²) in [5, 5.41) is 9.60. The van der Waals surface area contributed by atoms with Gasteiger partial charge >= 0.3 is 0 Å². The van der Waals surface area contributed by atoms with Crippen LogP contribution in [-0.2, 0) is 22.6 Å². The molecule has 3 aromatic rings. The monoisotopic (exact) mass is 477 g/mol. The Morgan fingerprint density at radius 1 is 1.45 bits per heavy atom. The van der Waals surface area contributed by atoms with Crippen LogP contribution in [0.15, 0.2) is 36.5 Å². The average Bonchev–Trinajstić information content (AvgIpc) is 3.23. The molecule has 4 N–H and O–H groups in total. The molecular formula is C20H20ClN5O3S2. The minimum absolute atomic E-state index is 0.144. The largest absolute Gasteiger partial charge is 0.382 e. The highest BCUT2D eigenvalue weighted by molar-refractivity contribution is 7.81. The second kappa shape index (κ2) is 8.54. The number of benzene rings is 1. The maximum atomic E-state index is 13.2. The molecule has 0 bridgehead atoms. The zero-order valence-electron chi connectivity index (χ0n) is 16.5. The summed E-state index contributed by atoms with van der Waals surface area (Å²) in [7, 11) is 0. The molecule has 1 amide bonds. The number of pyridine rings is 1. The van der Waals surface area contributed by atoms with E-state index >= 15 is 0 Å². The van der Waals surface area contributed by atoms with Crippen LogP contribution in [0.5, 0.6) is 0 Å². The number of nitrogens with two attached hydrogens (primary N) is 1. The summed E-state index contributed by atoms with van der Waals surface area (Å²) in [4.78, 5) is 18.8. The topological polar surface area (TPSA) is 124 Å². The number of hydrogen-bond acceptors (Lipinski definition) is 5. The van der Waals surface area contributed by atoms with E-state index in [1.807, 2.05) is 19.1 Å². The molecule has 3 heterocycles. The SMILES string of the molecule is Cc1c(N([C@H]2CCN(Cc3ccnc(C(=N)N)c3)C2=O)S(=O)O)sc2ccc(Cl)cc12. The van der Waals surface area contributed by atoms with Gasteiger partial charge in [-0.1, -0.05) is 11.6 Å². The highest BCUT2D eigenvalue weighted by Crippen LogP contribution is 2.41. The summed E-state index contributed by atoms with van der Waals surface area (Å²) in [6, 6.07) is 8.15. The van der Waals surface area contributed by atoms with Crippen molar-refractivity contribution in [3.63, 3.8) is 0 Å². The zero-order chi connectivity index (χ0) is 22.3. The number of anilines is 1. The standard InChI is InChI=1S/C20H20ClN5O3S2/c1-11-14-9-13(21)2-3-17(14)30-20(11)26(31(28)29)16-5-7-25(19(16)27)10-12-4-6-24-15(8-12)18(22)23/h2-4,6,8-9,16H,5,7,10H2,1H3,(H3,22,23)(H,28,29)/t16-/m0/s1. The number of halogens is 1. The van der Waals surface area contributed by atoms with Crippen LogP contribution in [0.4, 0.5) is 5.00 Å². The number of fused-ring (bicyclic) bond motifs is 1. The summed E-state index contributed by atoms with van der Waals surface area (Å²) >= 11 is 5.11. The van der Waals surface area contributed by atoms with Gasteiger partial charge in [-0.15, -0.1) is 11.3 Å². The molecule has 8 nitrogen and oxygen atoms in total. The van der Waals surface area contributed by atoms with Gasteiger partial charge in [-0.25, -0.2) is 8.51 Å². The van der Waals surface area contributed by atoms with Crippen LogP contribution in [0.2, 0.25) is 5.02 Å². The van der Waals surface area contributed by atoms with Crippen molar-refractivity contribution in [1.29, 1.82) is 5.41 Å². The lowest BCUT2D eigenvalue weighted by atomic mass is 10.2. The Bertz CT molecular complexity index is 1210. The number of rotatable bonds is 6.